The van der Waals surface area contributed by atoms with Gasteiger partial charge in [-0.1, -0.05) is 6.07 Å². The average molecular weight is 297 g/mol. The fraction of sp³-hybridized carbons (Fsp3) is 0.571. The van der Waals surface area contributed by atoms with Gasteiger partial charge in [-0.2, -0.15) is 0 Å². The number of nitrogens with zero attached hydrogens (tertiary/aromatic N) is 1. The first-order valence-corrected chi connectivity index (χ1v) is 7.08. The van der Waals surface area contributed by atoms with Gasteiger partial charge in [0, 0.05) is 24.1 Å². The molecule has 0 aromatic heterocycles. The molecule has 2 rings (SSSR count). The summed E-state index contributed by atoms with van der Waals surface area (Å²) in [6, 6.07) is 7.27. The van der Waals surface area contributed by atoms with Crippen molar-refractivity contribution >= 4 is 21.6 Å². The molecule has 1 aliphatic carbocycles. The van der Waals surface area contributed by atoms with Gasteiger partial charge in [0.25, 0.3) is 0 Å². The average Bonchev–Trinajstić information content (AvgIpc) is 3.12. The largest absolute Gasteiger partial charge is 0.371 e. The lowest BCUT2D eigenvalue weighted by atomic mass is 10.1. The minimum atomic E-state index is 0.640. The zero-order valence-corrected chi connectivity index (χ0v) is 12.4. The van der Waals surface area contributed by atoms with Crippen LogP contribution in [0.15, 0.2) is 22.7 Å². The lowest BCUT2D eigenvalue weighted by Gasteiger charge is -2.28. The summed E-state index contributed by atoms with van der Waals surface area (Å²) in [5.74, 6) is 0.892. The standard InChI is InChI=1S/C14H21BrN2/c1-10(12-5-6-12)17(3)14-7-4-11(9-16-2)8-13(14)15/h4,7-8,10,12,16H,5-6,9H2,1-3H3. The van der Waals surface area contributed by atoms with E-state index in [1.54, 1.807) is 0 Å². The van der Waals surface area contributed by atoms with E-state index in [2.05, 4.69) is 58.3 Å². The molecule has 0 heterocycles. The van der Waals surface area contributed by atoms with Crippen molar-refractivity contribution < 1.29 is 0 Å². The van der Waals surface area contributed by atoms with Gasteiger partial charge in [0.05, 0.1) is 5.69 Å². The van der Waals surface area contributed by atoms with E-state index in [9.17, 15) is 0 Å². The Bertz CT molecular complexity index is 388. The molecular formula is C14H21BrN2. The summed E-state index contributed by atoms with van der Waals surface area (Å²) in [5, 5.41) is 3.18. The molecule has 0 saturated heterocycles. The van der Waals surface area contributed by atoms with Crippen molar-refractivity contribution in [1.82, 2.24) is 5.32 Å². The second-order valence-electron chi connectivity index (χ2n) is 5.01. The summed E-state index contributed by atoms with van der Waals surface area (Å²) in [4.78, 5) is 2.39. The molecule has 3 heteroatoms. The van der Waals surface area contributed by atoms with Crippen molar-refractivity contribution in [3.05, 3.63) is 28.2 Å². The summed E-state index contributed by atoms with van der Waals surface area (Å²) >= 11 is 3.69. The maximum Gasteiger partial charge on any atom is 0.0510 e. The van der Waals surface area contributed by atoms with Crippen molar-refractivity contribution in [3.63, 3.8) is 0 Å². The lowest BCUT2D eigenvalue weighted by Crippen LogP contribution is -2.30. The molecule has 1 aromatic rings. The van der Waals surface area contributed by atoms with Crippen molar-refractivity contribution in [1.29, 1.82) is 0 Å². The first kappa shape index (κ1) is 12.9. The third kappa shape index (κ3) is 3.02. The first-order chi connectivity index (χ1) is 8.13. The first-order valence-electron chi connectivity index (χ1n) is 6.29. The van der Waals surface area contributed by atoms with E-state index in [1.807, 2.05) is 7.05 Å². The zero-order valence-electron chi connectivity index (χ0n) is 10.8. The van der Waals surface area contributed by atoms with Gasteiger partial charge in [0.2, 0.25) is 0 Å². The van der Waals surface area contributed by atoms with Gasteiger partial charge in [-0.25, -0.2) is 0 Å². The van der Waals surface area contributed by atoms with Gasteiger partial charge in [0.15, 0.2) is 0 Å². The maximum atomic E-state index is 3.69. The Balaban J connectivity index is 2.14. The highest BCUT2D eigenvalue weighted by molar-refractivity contribution is 9.10. The molecule has 1 N–H and O–H groups in total. The monoisotopic (exact) mass is 296 g/mol. The van der Waals surface area contributed by atoms with Gasteiger partial charge >= 0.3 is 0 Å². The second kappa shape index (κ2) is 5.40. The SMILES string of the molecule is CNCc1ccc(N(C)C(C)C2CC2)c(Br)c1. The Labute approximate surface area is 113 Å². The van der Waals surface area contributed by atoms with E-state index in [4.69, 9.17) is 0 Å². The van der Waals surface area contributed by atoms with E-state index >= 15 is 0 Å². The smallest absolute Gasteiger partial charge is 0.0510 e. The maximum absolute atomic E-state index is 3.69. The Hall–Kier alpha value is -0.540. The molecular weight excluding hydrogens is 276 g/mol. The molecule has 1 fully saturated rings. The van der Waals surface area contributed by atoms with Crippen LogP contribution in [0, 0.1) is 5.92 Å². The number of benzene rings is 1. The van der Waals surface area contributed by atoms with Crippen LogP contribution in [0.25, 0.3) is 0 Å². The van der Waals surface area contributed by atoms with E-state index in [0.29, 0.717) is 6.04 Å². The van der Waals surface area contributed by atoms with Crippen LogP contribution < -0.4 is 10.2 Å². The van der Waals surface area contributed by atoms with Crippen LogP contribution in [-0.2, 0) is 6.54 Å². The molecule has 0 bridgehead atoms. The van der Waals surface area contributed by atoms with E-state index < -0.39 is 0 Å². The molecule has 0 aliphatic heterocycles. The van der Waals surface area contributed by atoms with Crippen LogP contribution in [0.5, 0.6) is 0 Å². The summed E-state index contributed by atoms with van der Waals surface area (Å²) in [7, 11) is 4.17. The number of hydrogen-bond donors (Lipinski definition) is 1. The highest BCUT2D eigenvalue weighted by Crippen LogP contribution is 2.38. The summed E-state index contributed by atoms with van der Waals surface area (Å²) < 4.78 is 1.19. The van der Waals surface area contributed by atoms with Crippen LogP contribution >= 0.6 is 15.9 Å². The zero-order chi connectivity index (χ0) is 12.4. The summed E-state index contributed by atoms with van der Waals surface area (Å²) in [5.41, 5.74) is 2.61. The van der Waals surface area contributed by atoms with Gasteiger partial charge in [-0.3, -0.25) is 0 Å². The summed E-state index contributed by atoms with van der Waals surface area (Å²) in [6.07, 6.45) is 2.78. The van der Waals surface area contributed by atoms with Crippen molar-refractivity contribution in [3.8, 4) is 0 Å². The van der Waals surface area contributed by atoms with Crippen LogP contribution in [-0.4, -0.2) is 20.1 Å². The molecule has 1 aromatic carbocycles. The van der Waals surface area contributed by atoms with E-state index in [0.717, 1.165) is 12.5 Å². The van der Waals surface area contributed by atoms with Crippen molar-refractivity contribution in [2.45, 2.75) is 32.4 Å². The Morgan fingerprint density at radius 3 is 2.71 bits per heavy atom. The Morgan fingerprint density at radius 2 is 2.18 bits per heavy atom. The third-order valence-electron chi connectivity index (χ3n) is 3.69. The van der Waals surface area contributed by atoms with Crippen LogP contribution in [0.2, 0.25) is 0 Å². The molecule has 2 nitrogen and oxygen atoms in total. The van der Waals surface area contributed by atoms with Gasteiger partial charge < -0.3 is 10.2 Å². The molecule has 0 amide bonds. The number of halogens is 1. The molecule has 94 valence electrons. The van der Waals surface area contributed by atoms with Crippen molar-refractivity contribution in [2.24, 2.45) is 5.92 Å². The molecule has 0 radical (unpaired) electrons. The molecule has 17 heavy (non-hydrogen) atoms. The fourth-order valence-electron chi connectivity index (χ4n) is 2.26. The van der Waals surface area contributed by atoms with E-state index in [-0.39, 0.29) is 0 Å². The molecule has 1 atom stereocenters. The highest BCUT2D eigenvalue weighted by Gasteiger charge is 2.31. The molecule has 1 unspecified atom stereocenters. The lowest BCUT2D eigenvalue weighted by molar-refractivity contribution is 0.608. The molecule has 1 saturated carbocycles. The Morgan fingerprint density at radius 1 is 1.47 bits per heavy atom. The number of rotatable bonds is 5. The quantitative estimate of drug-likeness (QED) is 0.896. The topological polar surface area (TPSA) is 15.3 Å². The van der Waals surface area contributed by atoms with Crippen LogP contribution in [0.1, 0.15) is 25.3 Å². The van der Waals surface area contributed by atoms with E-state index in [1.165, 1.54) is 28.6 Å². The predicted molar refractivity (Wildman–Crippen MR) is 77.5 cm³/mol. The minimum Gasteiger partial charge on any atom is -0.371 e. The van der Waals surface area contributed by atoms with Crippen molar-refractivity contribution in [2.75, 3.05) is 19.0 Å². The van der Waals surface area contributed by atoms with Crippen LogP contribution in [0.3, 0.4) is 0 Å². The summed E-state index contributed by atoms with van der Waals surface area (Å²) in [6.45, 7) is 3.24. The van der Waals surface area contributed by atoms with Gasteiger partial charge in [-0.15, -0.1) is 0 Å². The van der Waals surface area contributed by atoms with Gasteiger partial charge in [-0.05, 0) is 66.4 Å². The predicted octanol–water partition coefficient (Wildman–Crippen LogP) is 3.40. The number of nitrogens with one attached hydrogen (secondary N) is 1. The molecule has 1 aliphatic rings. The fourth-order valence-corrected chi connectivity index (χ4v) is 2.97. The van der Waals surface area contributed by atoms with Crippen LogP contribution in [0.4, 0.5) is 5.69 Å². The second-order valence-corrected chi connectivity index (χ2v) is 5.86. The number of anilines is 1. The Kier molecular flexibility index (Phi) is 4.10. The number of hydrogen-bond acceptors (Lipinski definition) is 2. The minimum absolute atomic E-state index is 0.640. The molecule has 0 spiro atoms. The normalized spacial score (nSPS) is 16.9. The third-order valence-corrected chi connectivity index (χ3v) is 4.32. The highest BCUT2D eigenvalue weighted by atomic mass is 79.9. The van der Waals surface area contributed by atoms with Gasteiger partial charge in [0.1, 0.15) is 0 Å².